The summed E-state index contributed by atoms with van der Waals surface area (Å²) in [5, 5.41) is 0. The van der Waals surface area contributed by atoms with Crippen LogP contribution in [0.4, 0.5) is 0 Å². The molecule has 0 saturated heterocycles. The van der Waals surface area contributed by atoms with Crippen LogP contribution >= 0.6 is 7.82 Å². The van der Waals surface area contributed by atoms with Crippen LogP contribution in [0.15, 0.2) is 0 Å². The largest absolute Gasteiger partial charge is 3.00 e. The molecule has 0 aliphatic heterocycles. The van der Waals surface area contributed by atoms with E-state index in [2.05, 4.69) is 0 Å². The maximum atomic E-state index is 8.55. The van der Waals surface area contributed by atoms with E-state index >= 15 is 0 Å². The third-order valence-corrected chi connectivity index (χ3v) is 0. The van der Waals surface area contributed by atoms with Crippen molar-refractivity contribution in [1.82, 2.24) is 0 Å². The van der Waals surface area contributed by atoms with Crippen molar-refractivity contribution in [2.45, 2.75) is 0 Å². The summed E-state index contributed by atoms with van der Waals surface area (Å²) in [5.41, 5.74) is 0. The van der Waals surface area contributed by atoms with E-state index < -0.39 is 7.82 Å². The first-order valence-corrected chi connectivity index (χ1v) is 2.19. The Labute approximate surface area is 162 Å². The zero-order valence-electron chi connectivity index (χ0n) is 4.66. The predicted octanol–water partition coefficient (Wildman–Crippen LogP) is -9.20. The third-order valence-electron chi connectivity index (χ3n) is 0. The molecule has 0 aromatic carbocycles. The van der Waals surface area contributed by atoms with Crippen molar-refractivity contribution >= 4 is 27.6 Å². The van der Waals surface area contributed by atoms with Crippen molar-refractivity contribution in [3.05, 3.63) is 0 Å². The first-order valence-electron chi connectivity index (χ1n) is 0.730. The molecule has 8 heavy (non-hydrogen) atoms. The number of phosphoric acid groups is 1. The summed E-state index contributed by atoms with van der Waals surface area (Å²) >= 11 is 0. The normalized spacial score (nSPS) is 7.38. The van der Waals surface area contributed by atoms with E-state index in [0.717, 1.165) is 0 Å². The summed E-state index contributed by atoms with van der Waals surface area (Å²) in [6.45, 7) is 0. The molecule has 0 atom stereocenters. The van der Waals surface area contributed by atoms with Crippen molar-refractivity contribution in [2.24, 2.45) is 0 Å². The molecule has 4 nitrogen and oxygen atoms in total. The van der Waals surface area contributed by atoms with Gasteiger partial charge in [-0.1, -0.05) is 0 Å². The molecule has 0 radical (unpaired) electrons. The van der Waals surface area contributed by atoms with Gasteiger partial charge in [-0.15, -0.1) is 0 Å². The maximum Gasteiger partial charge on any atom is 3.00 e. The second kappa shape index (κ2) is 11.4. The van der Waals surface area contributed by atoms with Gasteiger partial charge >= 0.3 is 140 Å². The van der Waals surface area contributed by atoms with Crippen LogP contribution in [-0.2, 0) is 4.57 Å². The van der Waals surface area contributed by atoms with E-state index in [1.807, 2.05) is 0 Å². The van der Waals surface area contributed by atoms with Crippen LogP contribution in [0.25, 0.3) is 0 Å². The zero-order valence-corrected chi connectivity index (χ0v) is 17.4. The fourth-order valence-electron chi connectivity index (χ4n) is 0. The van der Waals surface area contributed by atoms with Crippen molar-refractivity contribution in [1.29, 1.82) is 0 Å². The molecule has 0 aromatic rings. The summed E-state index contributed by atoms with van der Waals surface area (Å²) < 4.78 is 8.55. The van der Waals surface area contributed by atoms with Gasteiger partial charge in [0.1, 0.15) is 0 Å². The second-order valence-corrected chi connectivity index (χ2v) is 1.34. The van der Waals surface area contributed by atoms with Gasteiger partial charge in [0, 0.05) is 0 Å². The fraction of sp³-hybridized carbons (Fsp3) is 0. The molecule has 0 spiro atoms. The number of rotatable bonds is 0. The van der Waals surface area contributed by atoms with Crippen LogP contribution < -0.4 is 135 Å². The summed E-state index contributed by atoms with van der Waals surface area (Å²) in [4.78, 5) is 25.6. The Morgan fingerprint density at radius 3 is 1.12 bits per heavy atom. The fourth-order valence-corrected chi connectivity index (χ4v) is 0. The van der Waals surface area contributed by atoms with Gasteiger partial charge in [-0.2, -0.15) is 7.82 Å². The van der Waals surface area contributed by atoms with E-state index in [4.69, 9.17) is 19.2 Å². The Morgan fingerprint density at radius 1 is 1.12 bits per heavy atom. The minimum atomic E-state index is -5.39. The molecule has 0 unspecified atom stereocenters. The van der Waals surface area contributed by atoms with Gasteiger partial charge < -0.3 is 19.2 Å². The standard InChI is InChI=1S/Cs.Ga.K.H3O4P/c;;;1-5(2,3)4/h;;;(H3,1,2,3,4)/q+1;+3;+1;/p-3. The predicted molar refractivity (Wildman–Crippen MR) is 13.4 cm³/mol. The Balaban J connectivity index is -0.0000000267. The second-order valence-electron chi connectivity index (χ2n) is 0.447. The minimum Gasteiger partial charge on any atom is -0.822 e. The topological polar surface area (TPSA) is 86.2 Å². The van der Waals surface area contributed by atoms with Gasteiger partial charge in [-0.25, -0.2) is 0 Å². The first-order chi connectivity index (χ1) is 2.00. The third kappa shape index (κ3) is 47.2. The molecule has 0 aliphatic carbocycles. The van der Waals surface area contributed by atoms with E-state index in [0.29, 0.717) is 0 Å². The van der Waals surface area contributed by atoms with Crippen LogP contribution in [0.3, 0.4) is 0 Å². The van der Waals surface area contributed by atoms with Gasteiger partial charge in [0.15, 0.2) is 0 Å². The molecule has 0 rings (SSSR count). The molecule has 0 aliphatic rings. The quantitative estimate of drug-likeness (QED) is 0.325. The van der Waals surface area contributed by atoms with E-state index in [9.17, 15) is 0 Å². The van der Waals surface area contributed by atoms with Gasteiger partial charge in [0.05, 0.1) is 0 Å². The first kappa shape index (κ1) is 22.9. The van der Waals surface area contributed by atoms with E-state index in [-0.39, 0.29) is 140 Å². The van der Waals surface area contributed by atoms with Gasteiger partial charge in [-0.3, -0.25) is 0 Å². The van der Waals surface area contributed by atoms with Crippen LogP contribution in [0.2, 0.25) is 0 Å². The van der Waals surface area contributed by atoms with Crippen LogP contribution in [0.5, 0.6) is 0 Å². The summed E-state index contributed by atoms with van der Waals surface area (Å²) in [6, 6.07) is 0. The minimum absolute atomic E-state index is 0. The van der Waals surface area contributed by atoms with Crippen LogP contribution in [0.1, 0.15) is 0 Å². The Bertz CT molecular complexity index is 62.2. The average Bonchev–Trinajstić information content (AvgIpc) is 0.722. The molecule has 32 valence electrons. The monoisotopic (exact) mass is 336 g/mol. The molecule has 0 saturated carbocycles. The smallest absolute Gasteiger partial charge is 0.822 e. The molecular weight excluding hydrogens is 337 g/mol. The van der Waals surface area contributed by atoms with Crippen molar-refractivity contribution < 1.29 is 140 Å². The molecule has 0 fully saturated rings. The Hall–Kier alpha value is 4.43. The van der Waals surface area contributed by atoms with Gasteiger partial charge in [-0.05, 0) is 0 Å². The molecule has 0 amide bonds. The van der Waals surface area contributed by atoms with Gasteiger partial charge in [0.2, 0.25) is 0 Å². The van der Waals surface area contributed by atoms with Crippen molar-refractivity contribution in [2.75, 3.05) is 0 Å². The van der Waals surface area contributed by atoms with E-state index in [1.165, 1.54) is 0 Å². The van der Waals surface area contributed by atoms with Crippen LogP contribution in [-0.4, -0.2) is 19.8 Å². The van der Waals surface area contributed by atoms with Gasteiger partial charge in [0.25, 0.3) is 0 Å². The molecule has 8 heteroatoms. The van der Waals surface area contributed by atoms with E-state index in [1.54, 1.807) is 0 Å². The molecular formula is CsGaKO4P+2. The zero-order chi connectivity index (χ0) is 4.50. The number of hydrogen-bond donors (Lipinski definition) is 0. The molecule has 0 aromatic heterocycles. The van der Waals surface area contributed by atoms with Crippen LogP contribution in [0, 0.1) is 0 Å². The maximum absolute atomic E-state index is 8.55. The molecule has 0 bridgehead atoms. The summed E-state index contributed by atoms with van der Waals surface area (Å²) in [6.07, 6.45) is 0. The summed E-state index contributed by atoms with van der Waals surface area (Å²) in [7, 11) is -5.39. The molecule has 0 heterocycles. The Kier molecular flexibility index (Phi) is 32.7. The van der Waals surface area contributed by atoms with Crippen molar-refractivity contribution in [3.63, 3.8) is 0 Å². The number of hydrogen-bond acceptors (Lipinski definition) is 4. The molecule has 0 N–H and O–H groups in total. The summed E-state index contributed by atoms with van der Waals surface area (Å²) in [5.74, 6) is 0. The Morgan fingerprint density at radius 2 is 1.12 bits per heavy atom. The average molecular weight is 337 g/mol. The van der Waals surface area contributed by atoms with Crippen molar-refractivity contribution in [3.8, 4) is 0 Å². The SMILES string of the molecule is O=P([O-])([O-])[O-].[Cs+].[Ga+3].[K+].